The summed E-state index contributed by atoms with van der Waals surface area (Å²) in [6, 6.07) is 6.54. The highest BCUT2D eigenvalue weighted by Crippen LogP contribution is 2.30. The molecule has 1 saturated heterocycles. The number of methoxy groups -OCH3 is 1. The lowest BCUT2D eigenvalue weighted by atomic mass is 9.86. The normalized spacial score (nSPS) is 18.1. The van der Waals surface area contributed by atoms with Crippen LogP contribution >= 0.6 is 11.8 Å². The summed E-state index contributed by atoms with van der Waals surface area (Å²) in [5.41, 5.74) is 6.42. The monoisotopic (exact) mass is 553 g/mol. The molecule has 38 heavy (non-hydrogen) atoms. The van der Waals surface area contributed by atoms with Gasteiger partial charge in [-0.2, -0.15) is 0 Å². The molecule has 1 aromatic rings. The van der Waals surface area contributed by atoms with Crippen LogP contribution in [0.2, 0.25) is 0 Å². The molecule has 1 aliphatic heterocycles. The molecule has 0 unspecified atom stereocenters. The van der Waals surface area contributed by atoms with Crippen LogP contribution in [0.25, 0.3) is 0 Å². The number of amides is 2. The van der Waals surface area contributed by atoms with Gasteiger partial charge in [0.25, 0.3) is 5.91 Å². The number of likely N-dealkylation sites (tertiary alicyclic amines) is 1. The molecule has 0 aliphatic carbocycles. The quantitative estimate of drug-likeness (QED) is 0.245. The first-order chi connectivity index (χ1) is 18.0. The first-order valence-electron chi connectivity index (χ1n) is 13.9. The molecule has 0 saturated carbocycles. The Morgan fingerprint density at radius 2 is 1.89 bits per heavy atom. The number of β-amino-alcohol motifs (C(OH)–C–C–N with tert-alkyl or cyclic N) is 1. The zero-order chi connectivity index (χ0) is 28.3. The molecule has 0 aromatic heterocycles. The third kappa shape index (κ3) is 9.70. The summed E-state index contributed by atoms with van der Waals surface area (Å²) in [5.74, 6) is 0.363. The minimum absolute atomic E-state index is 0.0421. The number of unbranched alkanes of at least 4 members (excludes halogenated alkanes) is 1. The van der Waals surface area contributed by atoms with Crippen LogP contribution in [0.4, 0.5) is 0 Å². The van der Waals surface area contributed by atoms with Crippen molar-refractivity contribution < 1.29 is 24.2 Å². The minimum atomic E-state index is -0.860. The molecule has 1 fully saturated rings. The number of benzene rings is 1. The molecule has 3 atom stereocenters. The van der Waals surface area contributed by atoms with Crippen molar-refractivity contribution in [2.45, 2.75) is 78.4 Å². The Hall–Kier alpha value is -1.87. The van der Waals surface area contributed by atoms with Crippen LogP contribution in [-0.2, 0) is 9.53 Å². The van der Waals surface area contributed by atoms with Crippen molar-refractivity contribution in [3.05, 3.63) is 29.8 Å². The maximum atomic E-state index is 13.2. The van der Waals surface area contributed by atoms with Crippen molar-refractivity contribution in [2.24, 2.45) is 23.0 Å². The number of rotatable bonds is 15. The zero-order valence-corrected chi connectivity index (χ0v) is 24.6. The van der Waals surface area contributed by atoms with Crippen LogP contribution in [0.3, 0.4) is 0 Å². The largest absolute Gasteiger partial charge is 0.493 e. The highest BCUT2D eigenvalue weighted by Gasteiger charge is 2.35. The summed E-state index contributed by atoms with van der Waals surface area (Å²) in [4.78, 5) is 27.9. The van der Waals surface area contributed by atoms with Crippen molar-refractivity contribution in [3.63, 3.8) is 0 Å². The van der Waals surface area contributed by atoms with Gasteiger partial charge in [-0.1, -0.05) is 46.2 Å². The van der Waals surface area contributed by atoms with Gasteiger partial charge in [-0.15, -0.1) is 0 Å². The topological polar surface area (TPSA) is 105 Å². The summed E-state index contributed by atoms with van der Waals surface area (Å²) >= 11 is 6.52. The summed E-state index contributed by atoms with van der Waals surface area (Å²) in [5, 5.41) is 10.9. The van der Waals surface area contributed by atoms with Crippen LogP contribution in [-0.4, -0.2) is 78.3 Å². The number of aliphatic hydroxyl groups excluding tert-OH is 1. The van der Waals surface area contributed by atoms with Crippen molar-refractivity contribution in [3.8, 4) is 5.75 Å². The van der Waals surface area contributed by atoms with Gasteiger partial charge in [0.15, 0.2) is 0 Å². The fraction of sp³-hybridized carbons (Fsp3) is 0.724. The van der Waals surface area contributed by atoms with E-state index < -0.39 is 17.6 Å². The van der Waals surface area contributed by atoms with E-state index in [2.05, 4.69) is 13.8 Å². The maximum absolute atomic E-state index is 13.2. The van der Waals surface area contributed by atoms with Gasteiger partial charge < -0.3 is 25.2 Å². The number of nitrogens with two attached hydrogens (primary N) is 1. The molecule has 2 amide bonds. The zero-order valence-electron chi connectivity index (χ0n) is 23.8. The SMILES string of the molecule is COCCCCOc1ccccc1C(=O)N(Cl)C[C@@H](C[C@H](N)[C@@H](O)CN1CCCCC(C)(C)C1=O)C(C)C. The van der Waals surface area contributed by atoms with Gasteiger partial charge in [0, 0.05) is 56.6 Å². The lowest BCUT2D eigenvalue weighted by Gasteiger charge is -2.33. The summed E-state index contributed by atoms with van der Waals surface area (Å²) in [6.45, 7) is 10.3. The fourth-order valence-corrected chi connectivity index (χ4v) is 5.09. The number of carbonyl (C=O) groups excluding carboxylic acids is 2. The Balaban J connectivity index is 1.99. The van der Waals surface area contributed by atoms with Crippen molar-refractivity contribution in [2.75, 3.05) is 40.0 Å². The van der Waals surface area contributed by atoms with Gasteiger partial charge in [-0.05, 0) is 56.1 Å². The van der Waals surface area contributed by atoms with Crippen LogP contribution in [0.15, 0.2) is 24.3 Å². The van der Waals surface area contributed by atoms with E-state index in [0.717, 1.165) is 32.1 Å². The molecule has 2 rings (SSSR count). The molecule has 8 nitrogen and oxygen atoms in total. The molecular formula is C29H48ClN3O5. The Morgan fingerprint density at radius 1 is 1.21 bits per heavy atom. The second kappa shape index (κ2) is 15.7. The van der Waals surface area contributed by atoms with E-state index in [1.54, 1.807) is 30.2 Å². The number of hydrogen-bond donors (Lipinski definition) is 2. The van der Waals surface area contributed by atoms with Crippen LogP contribution < -0.4 is 10.5 Å². The Kier molecular flexibility index (Phi) is 13.3. The molecule has 1 aromatic carbocycles. The number of para-hydroxylation sites is 1. The van der Waals surface area contributed by atoms with E-state index in [4.69, 9.17) is 27.0 Å². The standard InChI is InChI=1S/C29H48ClN3O5/c1-21(2)22(18-24(31)25(34)20-32-15-9-8-14-29(3,4)28(32)36)19-33(30)27(35)23-12-6-7-13-26(23)38-17-11-10-16-37-5/h6-7,12-13,21-22,24-25,34H,8-11,14-20,31H2,1-5H3/t22-,24+,25+/m1/s1. The van der Waals surface area contributed by atoms with Gasteiger partial charge in [-0.3, -0.25) is 14.0 Å². The van der Waals surface area contributed by atoms with Crippen LogP contribution in [0.1, 0.15) is 76.6 Å². The predicted molar refractivity (Wildman–Crippen MR) is 151 cm³/mol. The second-order valence-electron chi connectivity index (χ2n) is 11.5. The summed E-state index contributed by atoms with van der Waals surface area (Å²) < 4.78 is 12.1. The lowest BCUT2D eigenvalue weighted by molar-refractivity contribution is -0.141. The fourth-order valence-electron chi connectivity index (χ4n) is 4.82. The molecule has 0 radical (unpaired) electrons. The third-order valence-electron chi connectivity index (χ3n) is 7.50. The third-order valence-corrected chi connectivity index (χ3v) is 7.79. The average Bonchev–Trinajstić information content (AvgIpc) is 3.00. The lowest BCUT2D eigenvalue weighted by Crippen LogP contribution is -2.49. The second-order valence-corrected chi connectivity index (χ2v) is 11.9. The van der Waals surface area contributed by atoms with Gasteiger partial charge in [0.05, 0.1) is 18.3 Å². The van der Waals surface area contributed by atoms with Crippen molar-refractivity contribution in [1.82, 2.24) is 9.32 Å². The Bertz CT molecular complexity index is 882. The molecule has 216 valence electrons. The number of nitrogens with zero attached hydrogens (tertiary/aromatic N) is 2. The molecule has 1 aliphatic rings. The number of hydrogen-bond acceptors (Lipinski definition) is 6. The van der Waals surface area contributed by atoms with Crippen molar-refractivity contribution >= 4 is 23.6 Å². The first kappa shape index (κ1) is 32.3. The van der Waals surface area contributed by atoms with Crippen LogP contribution in [0.5, 0.6) is 5.75 Å². The van der Waals surface area contributed by atoms with E-state index in [-0.39, 0.29) is 36.7 Å². The Morgan fingerprint density at radius 3 is 2.58 bits per heavy atom. The highest BCUT2D eigenvalue weighted by molar-refractivity contribution is 6.24. The van der Waals surface area contributed by atoms with Gasteiger partial charge in [0.1, 0.15) is 5.75 Å². The molecule has 0 spiro atoms. The number of carbonyl (C=O) groups is 2. The number of aliphatic hydroxyl groups is 1. The predicted octanol–water partition coefficient (Wildman–Crippen LogP) is 4.48. The van der Waals surface area contributed by atoms with E-state index >= 15 is 0 Å². The number of halogens is 1. The van der Waals surface area contributed by atoms with Gasteiger partial charge in [0.2, 0.25) is 5.91 Å². The highest BCUT2D eigenvalue weighted by atomic mass is 35.5. The smallest absolute Gasteiger partial charge is 0.271 e. The van der Waals surface area contributed by atoms with E-state index in [9.17, 15) is 14.7 Å². The average molecular weight is 554 g/mol. The molecule has 0 bridgehead atoms. The van der Waals surface area contributed by atoms with E-state index in [1.165, 1.54) is 4.42 Å². The first-order valence-corrected chi connectivity index (χ1v) is 14.2. The van der Waals surface area contributed by atoms with Gasteiger partial charge in [-0.25, -0.2) is 0 Å². The van der Waals surface area contributed by atoms with Crippen LogP contribution in [0, 0.1) is 17.3 Å². The minimum Gasteiger partial charge on any atom is -0.493 e. The molecule has 9 heteroatoms. The molecule has 1 heterocycles. The maximum Gasteiger partial charge on any atom is 0.271 e. The molecular weight excluding hydrogens is 506 g/mol. The summed E-state index contributed by atoms with van der Waals surface area (Å²) in [6.07, 6.45) is 4.07. The molecule has 3 N–H and O–H groups in total. The van der Waals surface area contributed by atoms with Crippen molar-refractivity contribution in [1.29, 1.82) is 0 Å². The van der Waals surface area contributed by atoms with E-state index in [1.807, 2.05) is 19.9 Å². The summed E-state index contributed by atoms with van der Waals surface area (Å²) in [7, 11) is 1.67. The van der Waals surface area contributed by atoms with Gasteiger partial charge >= 0.3 is 0 Å². The van der Waals surface area contributed by atoms with E-state index in [0.29, 0.717) is 37.5 Å². The number of ether oxygens (including phenoxy) is 2. The Labute approximate surface area is 233 Å².